The maximum atomic E-state index is 10.6. The molecule has 0 atom stereocenters. The van der Waals surface area contributed by atoms with Gasteiger partial charge in [0.1, 0.15) is 6.29 Å². The Bertz CT molecular complexity index is 448. The normalized spacial score (nSPS) is 10.1. The molecule has 0 fully saturated rings. The lowest BCUT2D eigenvalue weighted by atomic mass is 10.1. The minimum atomic E-state index is 0.595. The minimum Gasteiger partial charge on any atom is -0.298 e. The summed E-state index contributed by atoms with van der Waals surface area (Å²) in [7, 11) is 0. The van der Waals surface area contributed by atoms with Gasteiger partial charge in [-0.2, -0.15) is 0 Å². The van der Waals surface area contributed by atoms with Crippen LogP contribution in [0.4, 0.5) is 0 Å². The van der Waals surface area contributed by atoms with Crippen molar-refractivity contribution < 1.29 is 4.79 Å². The van der Waals surface area contributed by atoms with Crippen LogP contribution < -0.4 is 0 Å². The molecule has 0 aliphatic heterocycles. The summed E-state index contributed by atoms with van der Waals surface area (Å²) in [6.07, 6.45) is 0.809. The lowest BCUT2D eigenvalue weighted by molar-refractivity contribution is 0.112. The van der Waals surface area contributed by atoms with Gasteiger partial charge < -0.3 is 0 Å². The van der Waals surface area contributed by atoms with Crippen molar-refractivity contribution in [2.24, 2.45) is 0 Å². The molecule has 3 heteroatoms. The fraction of sp³-hybridized carbons (Fsp3) is 0. The van der Waals surface area contributed by atoms with Gasteiger partial charge in [0.15, 0.2) is 0 Å². The second-order valence-corrected chi connectivity index (χ2v) is 4.25. The number of carbonyl (C=O) groups is 1. The van der Waals surface area contributed by atoms with Gasteiger partial charge >= 0.3 is 0 Å². The van der Waals surface area contributed by atoms with Gasteiger partial charge in [0.05, 0.1) is 0 Å². The Hall–Kier alpha value is -1.12. The van der Waals surface area contributed by atoms with Gasteiger partial charge in [-0.05, 0) is 35.2 Å². The van der Waals surface area contributed by atoms with Crippen LogP contribution in [-0.2, 0) is 0 Å². The van der Waals surface area contributed by atoms with Gasteiger partial charge in [-0.3, -0.25) is 4.79 Å². The molecule has 1 nitrogen and oxygen atoms in total. The van der Waals surface area contributed by atoms with E-state index in [1.165, 1.54) is 0 Å². The van der Waals surface area contributed by atoms with Gasteiger partial charge in [-0.15, -0.1) is 11.3 Å². The summed E-state index contributed by atoms with van der Waals surface area (Å²) in [5.41, 5.74) is 1.61. The Morgan fingerprint density at radius 1 is 1.29 bits per heavy atom. The first-order chi connectivity index (χ1) is 6.79. The van der Waals surface area contributed by atoms with Gasteiger partial charge in [-0.1, -0.05) is 17.7 Å². The summed E-state index contributed by atoms with van der Waals surface area (Å²) in [6.45, 7) is 0. The number of halogens is 1. The molecule has 70 valence electrons. The van der Waals surface area contributed by atoms with Gasteiger partial charge in [0, 0.05) is 15.5 Å². The number of aldehydes is 1. The molecule has 2 rings (SSSR count). The highest BCUT2D eigenvalue weighted by atomic mass is 35.5. The van der Waals surface area contributed by atoms with Crippen molar-refractivity contribution >= 4 is 29.2 Å². The lowest BCUT2D eigenvalue weighted by Crippen LogP contribution is -1.81. The number of hydrogen-bond donors (Lipinski definition) is 0. The Morgan fingerprint density at radius 3 is 2.79 bits per heavy atom. The molecule has 0 radical (unpaired) electrons. The first kappa shape index (κ1) is 9.44. The van der Waals surface area contributed by atoms with Crippen molar-refractivity contribution in [2.45, 2.75) is 0 Å². The highest BCUT2D eigenvalue weighted by Crippen LogP contribution is 2.27. The molecule has 14 heavy (non-hydrogen) atoms. The third-order valence-corrected chi connectivity index (χ3v) is 3.00. The summed E-state index contributed by atoms with van der Waals surface area (Å²) in [5.74, 6) is 0. The average Bonchev–Trinajstić information content (AvgIpc) is 2.69. The standard InChI is InChI=1S/C11H7ClOS/c12-10-5-8(7-13)4-9(6-10)11-2-1-3-14-11/h1-7H. The molecular weight excluding hydrogens is 216 g/mol. The molecule has 0 saturated heterocycles. The molecule has 2 aromatic rings. The van der Waals surface area contributed by atoms with E-state index in [0.717, 1.165) is 16.7 Å². The molecule has 0 spiro atoms. The highest BCUT2D eigenvalue weighted by Gasteiger charge is 2.02. The van der Waals surface area contributed by atoms with Crippen molar-refractivity contribution in [2.75, 3.05) is 0 Å². The van der Waals surface area contributed by atoms with E-state index in [1.807, 2.05) is 29.6 Å². The van der Waals surface area contributed by atoms with E-state index in [1.54, 1.807) is 17.4 Å². The summed E-state index contributed by atoms with van der Waals surface area (Å²) >= 11 is 7.52. The third kappa shape index (κ3) is 1.86. The first-order valence-electron chi connectivity index (χ1n) is 4.09. The molecule has 1 heterocycles. The highest BCUT2D eigenvalue weighted by molar-refractivity contribution is 7.13. The first-order valence-corrected chi connectivity index (χ1v) is 5.35. The van der Waals surface area contributed by atoms with Crippen LogP contribution in [0, 0.1) is 0 Å². The maximum absolute atomic E-state index is 10.6. The van der Waals surface area contributed by atoms with Crippen molar-refractivity contribution in [1.82, 2.24) is 0 Å². The molecule has 0 aliphatic carbocycles. The minimum absolute atomic E-state index is 0.595. The van der Waals surface area contributed by atoms with Crippen LogP contribution in [0.3, 0.4) is 0 Å². The van der Waals surface area contributed by atoms with Crippen molar-refractivity contribution in [3.63, 3.8) is 0 Å². The van der Waals surface area contributed by atoms with Crippen LogP contribution >= 0.6 is 22.9 Å². The van der Waals surface area contributed by atoms with E-state index in [2.05, 4.69) is 0 Å². The van der Waals surface area contributed by atoms with Crippen molar-refractivity contribution in [3.8, 4) is 10.4 Å². The molecule has 0 saturated carbocycles. The molecule has 0 N–H and O–H groups in total. The van der Waals surface area contributed by atoms with Crippen molar-refractivity contribution in [1.29, 1.82) is 0 Å². The van der Waals surface area contributed by atoms with E-state index in [9.17, 15) is 4.79 Å². The Morgan fingerprint density at radius 2 is 2.14 bits per heavy atom. The van der Waals surface area contributed by atoms with Crippen LogP contribution in [0.15, 0.2) is 35.7 Å². The predicted molar refractivity (Wildman–Crippen MR) is 60.2 cm³/mol. The number of hydrogen-bond acceptors (Lipinski definition) is 2. The topological polar surface area (TPSA) is 17.1 Å². The second-order valence-electron chi connectivity index (χ2n) is 2.87. The quantitative estimate of drug-likeness (QED) is 0.705. The molecule has 0 unspecified atom stereocenters. The maximum Gasteiger partial charge on any atom is 0.150 e. The van der Waals surface area contributed by atoms with E-state index in [-0.39, 0.29) is 0 Å². The number of rotatable bonds is 2. The van der Waals surface area contributed by atoms with Gasteiger partial charge in [0.2, 0.25) is 0 Å². The van der Waals surface area contributed by atoms with Crippen LogP contribution in [0.25, 0.3) is 10.4 Å². The fourth-order valence-electron chi connectivity index (χ4n) is 1.27. The van der Waals surface area contributed by atoms with Gasteiger partial charge in [-0.25, -0.2) is 0 Å². The smallest absolute Gasteiger partial charge is 0.150 e. The van der Waals surface area contributed by atoms with Gasteiger partial charge in [0.25, 0.3) is 0 Å². The lowest BCUT2D eigenvalue weighted by Gasteiger charge is -1.99. The monoisotopic (exact) mass is 222 g/mol. The van der Waals surface area contributed by atoms with E-state index in [0.29, 0.717) is 10.6 Å². The van der Waals surface area contributed by atoms with Crippen LogP contribution in [0.2, 0.25) is 5.02 Å². The molecule has 0 amide bonds. The summed E-state index contributed by atoms with van der Waals surface area (Å²) in [5, 5.41) is 2.59. The van der Waals surface area contributed by atoms with Crippen LogP contribution in [-0.4, -0.2) is 6.29 Å². The van der Waals surface area contributed by atoms with Crippen molar-refractivity contribution in [3.05, 3.63) is 46.3 Å². The average molecular weight is 223 g/mol. The zero-order valence-corrected chi connectivity index (χ0v) is 8.81. The van der Waals surface area contributed by atoms with Crippen LogP contribution in [0.1, 0.15) is 10.4 Å². The zero-order valence-electron chi connectivity index (χ0n) is 7.24. The summed E-state index contributed by atoms with van der Waals surface area (Å²) < 4.78 is 0. The van der Waals surface area contributed by atoms with E-state index in [4.69, 9.17) is 11.6 Å². The zero-order chi connectivity index (χ0) is 9.97. The molecule has 0 bridgehead atoms. The molecule has 1 aromatic carbocycles. The largest absolute Gasteiger partial charge is 0.298 e. The summed E-state index contributed by atoms with van der Waals surface area (Å²) in [6, 6.07) is 9.34. The Kier molecular flexibility index (Phi) is 2.66. The van der Waals surface area contributed by atoms with E-state index >= 15 is 0 Å². The Balaban J connectivity index is 2.54. The number of thiophene rings is 1. The molecule has 0 aliphatic rings. The van der Waals surface area contributed by atoms with E-state index < -0.39 is 0 Å². The predicted octanol–water partition coefficient (Wildman–Crippen LogP) is 3.88. The number of carbonyl (C=O) groups excluding carboxylic acids is 1. The Labute approximate surface area is 91.0 Å². The second kappa shape index (κ2) is 3.95. The SMILES string of the molecule is O=Cc1cc(Cl)cc(-c2cccs2)c1. The van der Waals surface area contributed by atoms with Crippen LogP contribution in [0.5, 0.6) is 0 Å². The fourth-order valence-corrected chi connectivity index (χ4v) is 2.22. The molecule has 1 aromatic heterocycles. The molecular formula is C11H7ClOS. The summed E-state index contributed by atoms with van der Waals surface area (Å²) in [4.78, 5) is 11.7. The third-order valence-electron chi connectivity index (χ3n) is 1.86. The number of benzene rings is 1.